The van der Waals surface area contributed by atoms with Crippen LogP contribution in [0.4, 0.5) is 5.69 Å². The Labute approximate surface area is 116 Å². The van der Waals surface area contributed by atoms with E-state index in [2.05, 4.69) is 26.8 Å². The van der Waals surface area contributed by atoms with Gasteiger partial charge in [-0.1, -0.05) is 17.9 Å². The molecule has 0 fully saturated rings. The van der Waals surface area contributed by atoms with Crippen molar-refractivity contribution in [2.45, 2.75) is 11.3 Å². The first-order valence-electron chi connectivity index (χ1n) is 5.83. The van der Waals surface area contributed by atoms with Crippen molar-refractivity contribution in [3.05, 3.63) is 42.2 Å². The highest BCUT2D eigenvalue weighted by Crippen LogP contribution is 2.15. The van der Waals surface area contributed by atoms with E-state index in [1.54, 1.807) is 24.3 Å². The van der Waals surface area contributed by atoms with Crippen LogP contribution in [0, 0.1) is 11.8 Å². The standard InChI is InChI=1S/C13H13N3O3S/c17-7-2-1-4-11-5-3-6-12(8-11)16-20(18,19)13-9-14-15-10-13/h3,5-6,8-10,16-17H,2,7H2,(H,14,15). The number of hydrogen-bond acceptors (Lipinski definition) is 4. The Morgan fingerprint density at radius 2 is 2.25 bits per heavy atom. The van der Waals surface area contributed by atoms with E-state index in [0.29, 0.717) is 17.7 Å². The molecule has 0 radical (unpaired) electrons. The highest BCUT2D eigenvalue weighted by atomic mass is 32.2. The third-order valence-electron chi connectivity index (χ3n) is 2.37. The topological polar surface area (TPSA) is 95.1 Å². The fourth-order valence-corrected chi connectivity index (χ4v) is 2.44. The molecule has 0 aliphatic heterocycles. The Kier molecular flexibility index (Phi) is 4.40. The molecule has 0 atom stereocenters. The summed E-state index contributed by atoms with van der Waals surface area (Å²) in [5, 5.41) is 14.7. The number of nitrogens with one attached hydrogen (secondary N) is 2. The normalized spacial score (nSPS) is 10.7. The molecule has 2 rings (SSSR count). The molecule has 6 nitrogen and oxygen atoms in total. The predicted molar refractivity (Wildman–Crippen MR) is 74.4 cm³/mol. The molecule has 0 saturated carbocycles. The first-order chi connectivity index (χ1) is 9.62. The summed E-state index contributed by atoms with van der Waals surface area (Å²) >= 11 is 0. The van der Waals surface area contributed by atoms with Crippen LogP contribution in [0.1, 0.15) is 12.0 Å². The summed E-state index contributed by atoms with van der Waals surface area (Å²) in [5.74, 6) is 5.62. The van der Waals surface area contributed by atoms with Crippen molar-refractivity contribution < 1.29 is 13.5 Å². The van der Waals surface area contributed by atoms with Gasteiger partial charge in [0.15, 0.2) is 0 Å². The van der Waals surface area contributed by atoms with Gasteiger partial charge in [-0.2, -0.15) is 5.10 Å². The van der Waals surface area contributed by atoms with Gasteiger partial charge in [0.1, 0.15) is 4.90 Å². The molecule has 0 aliphatic carbocycles. The number of rotatable bonds is 4. The maximum Gasteiger partial charge on any atom is 0.265 e. The second-order valence-corrected chi connectivity index (χ2v) is 5.58. The van der Waals surface area contributed by atoms with E-state index in [-0.39, 0.29) is 11.5 Å². The van der Waals surface area contributed by atoms with E-state index >= 15 is 0 Å². The molecule has 3 N–H and O–H groups in total. The Morgan fingerprint density at radius 3 is 2.95 bits per heavy atom. The fraction of sp³-hybridized carbons (Fsp3) is 0.154. The van der Waals surface area contributed by atoms with Crippen LogP contribution in [-0.2, 0) is 10.0 Å². The monoisotopic (exact) mass is 291 g/mol. The minimum atomic E-state index is -3.64. The summed E-state index contributed by atoms with van der Waals surface area (Å²) in [6.07, 6.45) is 2.91. The van der Waals surface area contributed by atoms with E-state index in [1.807, 2.05) is 0 Å². The second kappa shape index (κ2) is 6.23. The Bertz CT molecular complexity index is 728. The van der Waals surface area contributed by atoms with Crippen LogP contribution >= 0.6 is 0 Å². The molecular formula is C13H13N3O3S. The van der Waals surface area contributed by atoms with Gasteiger partial charge in [0.25, 0.3) is 10.0 Å². The largest absolute Gasteiger partial charge is 0.395 e. The molecule has 7 heteroatoms. The lowest BCUT2D eigenvalue weighted by atomic mass is 10.2. The van der Waals surface area contributed by atoms with Crippen molar-refractivity contribution in [2.75, 3.05) is 11.3 Å². The van der Waals surface area contributed by atoms with E-state index in [4.69, 9.17) is 5.11 Å². The Balaban J connectivity index is 2.19. The number of aliphatic hydroxyl groups is 1. The maximum absolute atomic E-state index is 12.0. The molecular weight excluding hydrogens is 278 g/mol. The average molecular weight is 291 g/mol. The molecule has 0 spiro atoms. The van der Waals surface area contributed by atoms with Crippen LogP contribution < -0.4 is 4.72 Å². The number of aromatic amines is 1. The van der Waals surface area contributed by atoms with E-state index in [1.165, 1.54) is 12.4 Å². The van der Waals surface area contributed by atoms with Crippen molar-refractivity contribution in [3.63, 3.8) is 0 Å². The Morgan fingerprint density at radius 1 is 1.40 bits per heavy atom. The van der Waals surface area contributed by atoms with E-state index < -0.39 is 10.0 Å². The third kappa shape index (κ3) is 3.60. The third-order valence-corrected chi connectivity index (χ3v) is 3.72. The van der Waals surface area contributed by atoms with Gasteiger partial charge < -0.3 is 5.11 Å². The predicted octanol–water partition coefficient (Wildman–Crippen LogP) is 0.944. The molecule has 2 aromatic rings. The summed E-state index contributed by atoms with van der Waals surface area (Å²) in [5.41, 5.74) is 1.09. The lowest BCUT2D eigenvalue weighted by molar-refractivity contribution is 0.305. The van der Waals surface area contributed by atoms with Gasteiger partial charge in [-0.3, -0.25) is 9.82 Å². The number of sulfonamides is 1. The Hall–Kier alpha value is -2.30. The molecule has 104 valence electrons. The zero-order valence-corrected chi connectivity index (χ0v) is 11.3. The van der Waals surface area contributed by atoms with Gasteiger partial charge in [0, 0.05) is 18.2 Å². The molecule has 0 saturated heterocycles. The van der Waals surface area contributed by atoms with Gasteiger partial charge in [0.05, 0.1) is 18.5 Å². The molecule has 0 unspecified atom stereocenters. The molecule has 1 aromatic heterocycles. The molecule has 0 aliphatic rings. The smallest absolute Gasteiger partial charge is 0.265 e. The van der Waals surface area contributed by atoms with Crippen molar-refractivity contribution in [1.29, 1.82) is 0 Å². The maximum atomic E-state index is 12.0. The van der Waals surface area contributed by atoms with Gasteiger partial charge in [0.2, 0.25) is 0 Å². The van der Waals surface area contributed by atoms with E-state index in [0.717, 1.165) is 0 Å². The average Bonchev–Trinajstić information content (AvgIpc) is 2.94. The highest BCUT2D eigenvalue weighted by molar-refractivity contribution is 7.92. The molecule has 20 heavy (non-hydrogen) atoms. The van der Waals surface area contributed by atoms with Gasteiger partial charge >= 0.3 is 0 Å². The minimum Gasteiger partial charge on any atom is -0.395 e. The minimum absolute atomic E-state index is 0.000189. The molecule has 0 bridgehead atoms. The summed E-state index contributed by atoms with van der Waals surface area (Å²) < 4.78 is 26.4. The summed E-state index contributed by atoms with van der Waals surface area (Å²) in [4.78, 5) is 0.0641. The van der Waals surface area contributed by atoms with Crippen molar-refractivity contribution in [2.24, 2.45) is 0 Å². The van der Waals surface area contributed by atoms with Crippen LogP contribution in [0.25, 0.3) is 0 Å². The summed E-state index contributed by atoms with van der Waals surface area (Å²) in [7, 11) is -3.64. The van der Waals surface area contributed by atoms with Crippen LogP contribution in [0.3, 0.4) is 0 Å². The van der Waals surface area contributed by atoms with Crippen molar-refractivity contribution >= 4 is 15.7 Å². The SMILES string of the molecule is O=S(=O)(Nc1cccc(C#CCCO)c1)c1cn[nH]c1. The number of H-pyrrole nitrogens is 1. The van der Waals surface area contributed by atoms with Gasteiger partial charge in [-0.15, -0.1) is 0 Å². The number of aliphatic hydroxyl groups excluding tert-OH is 1. The lowest BCUT2D eigenvalue weighted by Crippen LogP contribution is -2.12. The first-order valence-corrected chi connectivity index (χ1v) is 7.31. The number of hydrogen-bond donors (Lipinski definition) is 3. The number of nitrogens with zero attached hydrogens (tertiary/aromatic N) is 1. The van der Waals surface area contributed by atoms with Crippen LogP contribution in [0.15, 0.2) is 41.6 Å². The van der Waals surface area contributed by atoms with Crippen LogP contribution in [0.2, 0.25) is 0 Å². The van der Waals surface area contributed by atoms with Crippen molar-refractivity contribution in [3.8, 4) is 11.8 Å². The van der Waals surface area contributed by atoms with E-state index in [9.17, 15) is 8.42 Å². The van der Waals surface area contributed by atoms with Crippen molar-refractivity contribution in [1.82, 2.24) is 10.2 Å². The number of aromatic nitrogens is 2. The number of anilines is 1. The zero-order valence-electron chi connectivity index (χ0n) is 10.5. The number of benzene rings is 1. The van der Waals surface area contributed by atoms with Gasteiger partial charge in [-0.05, 0) is 18.2 Å². The summed E-state index contributed by atoms with van der Waals surface area (Å²) in [6, 6.07) is 6.73. The van der Waals surface area contributed by atoms with Crippen LogP contribution in [-0.4, -0.2) is 30.3 Å². The first kappa shape index (κ1) is 14.1. The van der Waals surface area contributed by atoms with Crippen LogP contribution in [0.5, 0.6) is 0 Å². The highest BCUT2D eigenvalue weighted by Gasteiger charge is 2.14. The summed E-state index contributed by atoms with van der Waals surface area (Å²) in [6.45, 7) is -0.000189. The quantitative estimate of drug-likeness (QED) is 0.731. The fourth-order valence-electron chi connectivity index (χ4n) is 1.48. The second-order valence-electron chi connectivity index (χ2n) is 3.90. The zero-order chi connectivity index (χ0) is 14.4. The molecule has 1 heterocycles. The lowest BCUT2D eigenvalue weighted by Gasteiger charge is -2.06. The molecule has 0 amide bonds. The molecule has 1 aromatic carbocycles. The van der Waals surface area contributed by atoms with Gasteiger partial charge in [-0.25, -0.2) is 8.42 Å².